The summed E-state index contributed by atoms with van der Waals surface area (Å²) in [6.07, 6.45) is 0. The molecule has 0 unspecified atom stereocenters. The summed E-state index contributed by atoms with van der Waals surface area (Å²) in [5.74, 6) is 0. The second-order valence-corrected chi connectivity index (χ2v) is 19.8. The Hall–Kier alpha value is -9.84. The fourth-order valence-electron chi connectivity index (χ4n) is 11.2. The molecular weight excluding hydrogens is 945 g/mol. The summed E-state index contributed by atoms with van der Waals surface area (Å²) in [7, 11) is 0. The van der Waals surface area contributed by atoms with Crippen molar-refractivity contribution in [2.45, 2.75) is 13.8 Å². The van der Waals surface area contributed by atoms with Crippen LogP contribution in [0.4, 0.5) is 79.6 Å². The highest BCUT2D eigenvalue weighted by atomic mass is 15.4. The first kappa shape index (κ1) is 49.1. The monoisotopic (exact) mass is 1000 g/mol. The molecule has 12 aromatic carbocycles. The van der Waals surface area contributed by atoms with Crippen LogP contribution in [0.2, 0.25) is 0 Å². The van der Waals surface area contributed by atoms with Crippen molar-refractivity contribution in [3.63, 3.8) is 0 Å². The van der Waals surface area contributed by atoms with Gasteiger partial charge in [-0.2, -0.15) is 8.97 Å². The van der Waals surface area contributed by atoms with E-state index in [4.69, 9.17) is 0 Å². The molecule has 0 aliphatic rings. The van der Waals surface area contributed by atoms with E-state index in [-0.39, 0.29) is 0 Å². The van der Waals surface area contributed by atoms with E-state index in [9.17, 15) is 0 Å². The minimum absolute atomic E-state index is 0.439. The van der Waals surface area contributed by atoms with Gasteiger partial charge in [-0.25, -0.2) is 0 Å². The number of aryl methyl sites for hydroxylation is 2. The zero-order chi connectivity index (χ0) is 52.7. The highest BCUT2D eigenvalue weighted by Crippen LogP contribution is 2.54. The Labute approximate surface area is 459 Å². The van der Waals surface area contributed by atoms with Gasteiger partial charge in [0.15, 0.2) is 0 Å². The van der Waals surface area contributed by atoms with E-state index >= 15 is 0 Å². The molecule has 0 fully saturated rings. The predicted octanol–water partition coefficient (Wildman–Crippen LogP) is 21.5. The smallest absolute Gasteiger partial charge is 0.148 e. The number of hydrogen-bond acceptors (Lipinski definition) is 2. The number of quaternary nitrogens is 2. The first-order valence-corrected chi connectivity index (χ1v) is 26.8. The average molecular weight is 1010 g/mol. The maximum absolute atomic E-state index is 2.34. The Morgan fingerprint density at radius 1 is 0.179 bits per heavy atom. The van der Waals surface area contributed by atoms with Crippen molar-refractivity contribution >= 4 is 79.6 Å². The maximum atomic E-state index is 2.34. The first-order valence-electron chi connectivity index (χ1n) is 26.8. The lowest BCUT2D eigenvalue weighted by atomic mass is 10.0. The van der Waals surface area contributed by atoms with Crippen LogP contribution in [0.5, 0.6) is 0 Å². The third kappa shape index (κ3) is 9.26. The Morgan fingerprint density at radius 3 is 0.603 bits per heavy atom. The van der Waals surface area contributed by atoms with Crippen LogP contribution in [0, 0.1) is 13.8 Å². The van der Waals surface area contributed by atoms with Crippen LogP contribution in [-0.2, 0) is 0 Å². The van der Waals surface area contributed by atoms with Gasteiger partial charge in [0.1, 0.15) is 45.5 Å². The van der Waals surface area contributed by atoms with E-state index in [1.807, 2.05) is 0 Å². The number of hydrogen-bond donors (Lipinski definition) is 0. The number of para-hydroxylation sites is 6. The summed E-state index contributed by atoms with van der Waals surface area (Å²) >= 11 is 0. The molecule has 0 spiro atoms. The third-order valence-corrected chi connectivity index (χ3v) is 15.0. The molecule has 0 saturated carbocycles. The summed E-state index contributed by atoms with van der Waals surface area (Å²) in [6.45, 7) is 4.29. The summed E-state index contributed by atoms with van der Waals surface area (Å²) in [6, 6.07) is 119. The van der Waals surface area contributed by atoms with Gasteiger partial charge in [-0.05, 0) is 97.8 Å². The Kier molecular flexibility index (Phi) is 13.7. The van der Waals surface area contributed by atoms with Crippen molar-refractivity contribution in [3.05, 3.63) is 339 Å². The second kappa shape index (κ2) is 21.8. The molecular formula is C74H60N4+2. The van der Waals surface area contributed by atoms with Crippen LogP contribution < -0.4 is 18.8 Å². The molecule has 0 N–H and O–H groups in total. The summed E-state index contributed by atoms with van der Waals surface area (Å²) in [4.78, 5) is 4.68. The fourth-order valence-corrected chi connectivity index (χ4v) is 11.2. The molecule has 0 radical (unpaired) electrons. The van der Waals surface area contributed by atoms with Crippen LogP contribution in [0.25, 0.3) is 11.1 Å². The zero-order valence-electron chi connectivity index (χ0n) is 44.0. The molecule has 374 valence electrons. The maximum Gasteiger partial charge on any atom is 0.148 e. The lowest BCUT2D eigenvalue weighted by Crippen LogP contribution is -2.33. The van der Waals surface area contributed by atoms with E-state index in [1.54, 1.807) is 0 Å². The van der Waals surface area contributed by atoms with Gasteiger partial charge in [0.05, 0.1) is 0 Å². The highest BCUT2D eigenvalue weighted by molar-refractivity contribution is 5.87. The van der Waals surface area contributed by atoms with E-state index < -0.39 is 0 Å². The van der Waals surface area contributed by atoms with Crippen LogP contribution in [0.15, 0.2) is 328 Å². The number of anilines is 6. The lowest BCUT2D eigenvalue weighted by molar-refractivity contribution is 0.703. The van der Waals surface area contributed by atoms with Gasteiger partial charge in [0.2, 0.25) is 0 Å². The normalized spacial score (nSPS) is 11.5. The molecule has 78 heavy (non-hydrogen) atoms. The van der Waals surface area contributed by atoms with Crippen molar-refractivity contribution in [1.29, 1.82) is 0 Å². The molecule has 0 aromatic heterocycles. The van der Waals surface area contributed by atoms with E-state index in [0.717, 1.165) is 79.4 Å². The predicted molar refractivity (Wildman–Crippen MR) is 331 cm³/mol. The Balaban J connectivity index is 0.878. The standard InChI is InChI=1S/C74H60N4/c1-57-33-49-71(50-34-57)77(67-25-13-5-14-26-67,68-27-15-6-16-28-68)73-53-45-65(46-54-73)75(61-21-9-3-10-22-61)63-41-37-59(38-42-63)60-39-43-64(44-40-60)76(62-23-11-4-12-24-62)66-47-55-74(56-48-66)78(69-29-17-7-18-30-69,70-31-19-8-20-32-70)72-51-35-58(2)36-52-72/h3-56H,1-2H3/q+2. The molecule has 0 bridgehead atoms. The fraction of sp³-hybridized carbons (Fsp3) is 0.0270. The Morgan fingerprint density at radius 2 is 0.359 bits per heavy atom. The van der Waals surface area contributed by atoms with Gasteiger partial charge in [-0.1, -0.05) is 169 Å². The molecule has 12 rings (SSSR count). The van der Waals surface area contributed by atoms with Gasteiger partial charge in [0, 0.05) is 131 Å². The molecule has 0 heterocycles. The summed E-state index contributed by atoms with van der Waals surface area (Å²) in [5, 5.41) is 0. The average Bonchev–Trinajstić information content (AvgIpc) is 3.60. The largest absolute Gasteiger partial charge is 0.310 e. The van der Waals surface area contributed by atoms with Gasteiger partial charge < -0.3 is 9.80 Å². The van der Waals surface area contributed by atoms with Crippen molar-refractivity contribution in [2.75, 3.05) is 9.80 Å². The van der Waals surface area contributed by atoms with Crippen LogP contribution >= 0.6 is 0 Å². The molecule has 4 heteroatoms. The quantitative estimate of drug-likeness (QED) is 0.0945. The minimum atomic E-state index is 0.439. The van der Waals surface area contributed by atoms with Gasteiger partial charge >= 0.3 is 0 Å². The molecule has 12 aromatic rings. The van der Waals surface area contributed by atoms with Crippen molar-refractivity contribution < 1.29 is 0 Å². The number of benzene rings is 12. The van der Waals surface area contributed by atoms with Crippen LogP contribution in [0.1, 0.15) is 11.1 Å². The van der Waals surface area contributed by atoms with E-state index in [2.05, 4.69) is 351 Å². The van der Waals surface area contributed by atoms with E-state index in [0.29, 0.717) is 8.97 Å². The van der Waals surface area contributed by atoms with Gasteiger partial charge in [-0.3, -0.25) is 0 Å². The van der Waals surface area contributed by atoms with Crippen molar-refractivity contribution in [2.24, 2.45) is 0 Å². The SMILES string of the molecule is Cc1ccc([N+](c2ccccc2)(c2ccccc2)c2ccc(N(c3ccccc3)c3ccc(-c4ccc(N(c5ccccc5)c5ccc([N+](c6ccccc6)(c6ccccc6)c6ccc(C)cc6)cc5)cc4)cc3)cc2)cc1. The lowest BCUT2D eigenvalue weighted by Gasteiger charge is -2.37. The number of nitrogens with zero attached hydrogens (tertiary/aromatic N) is 4. The van der Waals surface area contributed by atoms with Gasteiger partial charge in [0.25, 0.3) is 0 Å². The molecule has 0 atom stereocenters. The third-order valence-electron chi connectivity index (χ3n) is 15.0. The molecule has 0 aliphatic heterocycles. The molecule has 0 aliphatic carbocycles. The topological polar surface area (TPSA) is 6.48 Å². The highest BCUT2D eigenvalue weighted by Gasteiger charge is 2.41. The van der Waals surface area contributed by atoms with Crippen molar-refractivity contribution in [3.8, 4) is 11.1 Å². The second-order valence-electron chi connectivity index (χ2n) is 19.8. The minimum Gasteiger partial charge on any atom is -0.310 e. The van der Waals surface area contributed by atoms with Crippen molar-refractivity contribution in [1.82, 2.24) is 8.97 Å². The van der Waals surface area contributed by atoms with Crippen LogP contribution in [-0.4, -0.2) is 0 Å². The van der Waals surface area contributed by atoms with E-state index in [1.165, 1.54) is 22.5 Å². The summed E-state index contributed by atoms with van der Waals surface area (Å²) in [5.41, 5.74) is 20.4. The Bertz CT molecular complexity index is 3500. The summed E-state index contributed by atoms with van der Waals surface area (Å²) < 4.78 is 0.878. The van der Waals surface area contributed by atoms with Crippen LogP contribution in [0.3, 0.4) is 0 Å². The first-order chi connectivity index (χ1) is 38.5. The zero-order valence-corrected chi connectivity index (χ0v) is 44.0. The molecule has 4 nitrogen and oxygen atoms in total. The molecule has 0 saturated heterocycles. The number of rotatable bonds is 15. The van der Waals surface area contributed by atoms with Gasteiger partial charge in [-0.15, -0.1) is 0 Å². The molecule has 0 amide bonds.